The molecule has 23 heavy (non-hydrogen) atoms. The maximum absolute atomic E-state index is 12.3. The summed E-state index contributed by atoms with van der Waals surface area (Å²) in [7, 11) is 0. The molecule has 0 spiro atoms. The Balaban J connectivity index is 1.46. The number of carbonyl (C=O) groups excluding carboxylic acids is 1. The zero-order valence-corrected chi connectivity index (χ0v) is 14.3. The number of aromatic nitrogens is 2. The maximum Gasteiger partial charge on any atom is 0.271 e. The van der Waals surface area contributed by atoms with Gasteiger partial charge in [0.05, 0.1) is 6.04 Å². The van der Waals surface area contributed by atoms with Gasteiger partial charge in [-0.2, -0.15) is 5.10 Å². The average molecular weight is 318 g/mol. The SMILES string of the molecule is CCC1CCC(CNC(=O)c2ccn(C3CCCNC3)n2)CC1. The van der Waals surface area contributed by atoms with Crippen LogP contribution in [0.4, 0.5) is 0 Å². The first-order valence-electron chi connectivity index (χ1n) is 9.30. The summed E-state index contributed by atoms with van der Waals surface area (Å²) in [6, 6.07) is 2.23. The van der Waals surface area contributed by atoms with Crippen molar-refractivity contribution in [1.29, 1.82) is 0 Å². The highest BCUT2D eigenvalue weighted by Gasteiger charge is 2.21. The van der Waals surface area contributed by atoms with E-state index in [0.717, 1.165) is 32.0 Å². The Kier molecular flexibility index (Phi) is 5.70. The van der Waals surface area contributed by atoms with Crippen LogP contribution in [0.3, 0.4) is 0 Å². The molecule has 1 unspecified atom stereocenters. The van der Waals surface area contributed by atoms with E-state index in [4.69, 9.17) is 0 Å². The lowest BCUT2D eigenvalue weighted by molar-refractivity contribution is 0.0935. The quantitative estimate of drug-likeness (QED) is 0.877. The highest BCUT2D eigenvalue weighted by atomic mass is 16.1. The number of hydrogen-bond acceptors (Lipinski definition) is 3. The van der Waals surface area contributed by atoms with Crippen molar-refractivity contribution in [2.75, 3.05) is 19.6 Å². The van der Waals surface area contributed by atoms with Crippen molar-refractivity contribution in [3.8, 4) is 0 Å². The molecule has 1 aromatic heterocycles. The number of hydrogen-bond donors (Lipinski definition) is 2. The summed E-state index contributed by atoms with van der Waals surface area (Å²) < 4.78 is 1.95. The highest BCUT2D eigenvalue weighted by Crippen LogP contribution is 2.30. The Hall–Kier alpha value is -1.36. The molecule has 1 amide bonds. The monoisotopic (exact) mass is 318 g/mol. The standard InChI is InChI=1S/C18H30N4O/c1-2-14-5-7-15(8-6-14)12-20-18(23)17-9-11-22(21-17)16-4-3-10-19-13-16/h9,11,14-16,19H,2-8,10,12-13H2,1H3,(H,20,23). The molecule has 2 N–H and O–H groups in total. The fraction of sp³-hybridized carbons (Fsp3) is 0.778. The third kappa shape index (κ3) is 4.34. The first-order chi connectivity index (χ1) is 11.3. The van der Waals surface area contributed by atoms with E-state index < -0.39 is 0 Å². The van der Waals surface area contributed by atoms with Gasteiger partial charge in [-0.1, -0.05) is 26.2 Å². The molecule has 1 atom stereocenters. The molecule has 1 saturated carbocycles. The Labute approximate surface area is 139 Å². The minimum Gasteiger partial charge on any atom is -0.350 e. The summed E-state index contributed by atoms with van der Waals surface area (Å²) >= 11 is 0. The first-order valence-corrected chi connectivity index (χ1v) is 9.30. The minimum absolute atomic E-state index is 0.0230. The lowest BCUT2D eigenvalue weighted by Gasteiger charge is -2.27. The molecule has 2 heterocycles. The van der Waals surface area contributed by atoms with E-state index in [9.17, 15) is 4.79 Å². The molecular weight excluding hydrogens is 288 g/mol. The van der Waals surface area contributed by atoms with E-state index in [0.29, 0.717) is 17.7 Å². The van der Waals surface area contributed by atoms with Crippen LogP contribution >= 0.6 is 0 Å². The lowest BCUT2D eigenvalue weighted by atomic mass is 9.81. The van der Waals surface area contributed by atoms with Gasteiger partial charge in [-0.25, -0.2) is 0 Å². The Morgan fingerprint density at radius 3 is 2.78 bits per heavy atom. The topological polar surface area (TPSA) is 59.0 Å². The molecule has 5 heteroatoms. The second kappa shape index (κ2) is 7.95. The smallest absolute Gasteiger partial charge is 0.271 e. The van der Waals surface area contributed by atoms with Gasteiger partial charge < -0.3 is 10.6 Å². The molecule has 0 aromatic carbocycles. The highest BCUT2D eigenvalue weighted by molar-refractivity contribution is 5.92. The van der Waals surface area contributed by atoms with Gasteiger partial charge in [-0.15, -0.1) is 0 Å². The van der Waals surface area contributed by atoms with Crippen molar-refractivity contribution in [3.63, 3.8) is 0 Å². The summed E-state index contributed by atoms with van der Waals surface area (Å²) in [6.45, 7) is 5.12. The minimum atomic E-state index is -0.0230. The molecule has 1 aliphatic heterocycles. The van der Waals surface area contributed by atoms with Gasteiger partial charge in [-0.3, -0.25) is 9.48 Å². The van der Waals surface area contributed by atoms with Gasteiger partial charge in [0.25, 0.3) is 5.91 Å². The molecule has 2 fully saturated rings. The molecule has 1 saturated heterocycles. The predicted octanol–water partition coefficient (Wildman–Crippen LogP) is 2.75. The van der Waals surface area contributed by atoms with Crippen LogP contribution in [0.15, 0.2) is 12.3 Å². The number of rotatable bonds is 5. The fourth-order valence-electron chi connectivity index (χ4n) is 3.89. The number of nitrogens with zero attached hydrogens (tertiary/aromatic N) is 2. The zero-order valence-electron chi connectivity index (χ0n) is 14.3. The largest absolute Gasteiger partial charge is 0.350 e. The molecule has 1 aromatic rings. The summed E-state index contributed by atoms with van der Waals surface area (Å²) in [6.07, 6.45) is 10.7. The molecule has 5 nitrogen and oxygen atoms in total. The van der Waals surface area contributed by atoms with Gasteiger partial charge in [0.2, 0.25) is 0 Å². The second-order valence-electron chi connectivity index (χ2n) is 7.19. The van der Waals surface area contributed by atoms with E-state index in [2.05, 4.69) is 22.7 Å². The van der Waals surface area contributed by atoms with Crippen LogP contribution < -0.4 is 10.6 Å². The summed E-state index contributed by atoms with van der Waals surface area (Å²) in [5, 5.41) is 11.0. The summed E-state index contributed by atoms with van der Waals surface area (Å²) in [5.74, 6) is 1.53. The number of carbonyl (C=O) groups is 1. The van der Waals surface area contributed by atoms with Gasteiger partial charge in [0, 0.05) is 19.3 Å². The summed E-state index contributed by atoms with van der Waals surface area (Å²) in [5.41, 5.74) is 0.554. The van der Waals surface area contributed by atoms with Gasteiger partial charge in [0.1, 0.15) is 5.69 Å². The molecule has 2 aliphatic rings. The van der Waals surface area contributed by atoms with E-state index in [-0.39, 0.29) is 5.91 Å². The third-order valence-corrected chi connectivity index (χ3v) is 5.58. The van der Waals surface area contributed by atoms with Crippen LogP contribution in [0, 0.1) is 11.8 Å². The molecule has 3 rings (SSSR count). The third-order valence-electron chi connectivity index (χ3n) is 5.58. The van der Waals surface area contributed by atoms with E-state index in [1.165, 1.54) is 38.5 Å². The number of nitrogens with one attached hydrogen (secondary N) is 2. The van der Waals surface area contributed by atoms with Gasteiger partial charge >= 0.3 is 0 Å². The van der Waals surface area contributed by atoms with Crippen LogP contribution in [0.25, 0.3) is 0 Å². The molecule has 0 radical (unpaired) electrons. The molecule has 0 bridgehead atoms. The van der Waals surface area contributed by atoms with Crippen molar-refractivity contribution >= 4 is 5.91 Å². The fourth-order valence-corrected chi connectivity index (χ4v) is 3.89. The van der Waals surface area contributed by atoms with Crippen LogP contribution in [0.5, 0.6) is 0 Å². The van der Waals surface area contributed by atoms with Crippen molar-refractivity contribution < 1.29 is 4.79 Å². The van der Waals surface area contributed by atoms with Crippen LogP contribution in [-0.2, 0) is 0 Å². The second-order valence-corrected chi connectivity index (χ2v) is 7.19. The lowest BCUT2D eigenvalue weighted by Crippen LogP contribution is -2.33. The van der Waals surface area contributed by atoms with Crippen LogP contribution in [0.2, 0.25) is 0 Å². The molecular formula is C18H30N4O. The van der Waals surface area contributed by atoms with E-state index >= 15 is 0 Å². The maximum atomic E-state index is 12.3. The Bertz CT molecular complexity index is 499. The van der Waals surface area contributed by atoms with Gasteiger partial charge in [0.15, 0.2) is 0 Å². The van der Waals surface area contributed by atoms with Crippen molar-refractivity contribution in [2.45, 2.75) is 57.9 Å². The Morgan fingerprint density at radius 2 is 2.09 bits per heavy atom. The predicted molar refractivity (Wildman–Crippen MR) is 91.4 cm³/mol. The average Bonchev–Trinajstić information content (AvgIpc) is 3.11. The van der Waals surface area contributed by atoms with E-state index in [1.807, 2.05) is 16.9 Å². The van der Waals surface area contributed by atoms with Crippen molar-refractivity contribution in [2.24, 2.45) is 11.8 Å². The zero-order chi connectivity index (χ0) is 16.1. The van der Waals surface area contributed by atoms with E-state index in [1.54, 1.807) is 0 Å². The number of amides is 1. The Morgan fingerprint density at radius 1 is 1.30 bits per heavy atom. The van der Waals surface area contributed by atoms with Gasteiger partial charge in [-0.05, 0) is 50.1 Å². The summed E-state index contributed by atoms with van der Waals surface area (Å²) in [4.78, 5) is 12.3. The number of piperidine rings is 1. The first kappa shape index (κ1) is 16.5. The normalized spacial score (nSPS) is 28.5. The van der Waals surface area contributed by atoms with Crippen LogP contribution in [0.1, 0.15) is 68.4 Å². The molecule has 1 aliphatic carbocycles. The van der Waals surface area contributed by atoms with Crippen molar-refractivity contribution in [3.05, 3.63) is 18.0 Å². The molecule has 128 valence electrons. The van der Waals surface area contributed by atoms with Crippen molar-refractivity contribution in [1.82, 2.24) is 20.4 Å². The van der Waals surface area contributed by atoms with Crippen LogP contribution in [-0.4, -0.2) is 35.3 Å².